The zero-order chi connectivity index (χ0) is 25.9. The molecule has 36 heavy (non-hydrogen) atoms. The molecule has 0 aliphatic carbocycles. The number of aromatic nitrogens is 3. The average molecular weight is 503 g/mol. The van der Waals surface area contributed by atoms with Crippen LogP contribution in [-0.2, 0) is 12.7 Å². The third-order valence-electron chi connectivity index (χ3n) is 5.94. The first-order valence-electron chi connectivity index (χ1n) is 11.7. The number of piperazine rings is 1. The van der Waals surface area contributed by atoms with Crippen LogP contribution in [0.3, 0.4) is 0 Å². The van der Waals surface area contributed by atoms with Crippen LogP contribution < -0.4 is 15.0 Å². The van der Waals surface area contributed by atoms with Crippen molar-refractivity contribution >= 4 is 11.9 Å². The monoisotopic (exact) mass is 502 g/mol. The normalized spacial score (nSPS) is 16.9. The van der Waals surface area contributed by atoms with Gasteiger partial charge in [-0.2, -0.15) is 18.3 Å². The zero-order valence-corrected chi connectivity index (χ0v) is 20.3. The quantitative estimate of drug-likeness (QED) is 0.508. The van der Waals surface area contributed by atoms with Crippen molar-refractivity contribution in [1.82, 2.24) is 25.4 Å². The molecule has 2 aromatic heterocycles. The molecule has 2 N–H and O–H groups in total. The Labute approximate surface area is 207 Å². The van der Waals surface area contributed by atoms with Crippen LogP contribution >= 0.6 is 0 Å². The summed E-state index contributed by atoms with van der Waals surface area (Å²) in [6.45, 7) is 8.53. The second-order valence-electron chi connectivity index (χ2n) is 9.15. The Balaban J connectivity index is 1.37. The number of H-pyrrole nitrogens is 1. The van der Waals surface area contributed by atoms with Gasteiger partial charge in [0.2, 0.25) is 0 Å². The number of hydrogen-bond donors (Lipinski definition) is 2. The summed E-state index contributed by atoms with van der Waals surface area (Å²) in [4.78, 5) is 20.2. The molecule has 1 amide bonds. The van der Waals surface area contributed by atoms with Gasteiger partial charge in [0.05, 0.1) is 11.3 Å². The van der Waals surface area contributed by atoms with Gasteiger partial charge in [-0.1, -0.05) is 0 Å². The molecule has 0 bridgehead atoms. The molecule has 1 aromatic carbocycles. The van der Waals surface area contributed by atoms with E-state index in [9.17, 15) is 18.0 Å². The molecule has 192 valence electrons. The topological polar surface area (TPSA) is 86.4 Å². The lowest BCUT2D eigenvalue weighted by Crippen LogP contribution is -2.51. The maximum Gasteiger partial charge on any atom is 0.417 e. The van der Waals surface area contributed by atoms with Crippen molar-refractivity contribution in [2.75, 3.05) is 24.5 Å². The zero-order valence-electron chi connectivity index (χ0n) is 20.3. The Morgan fingerprint density at radius 3 is 2.56 bits per heavy atom. The number of ether oxygens (including phenoxy) is 1. The number of carbonyl (C=O) groups excluding carboxylic acids is 1. The third-order valence-corrected chi connectivity index (χ3v) is 5.94. The van der Waals surface area contributed by atoms with E-state index in [2.05, 4.69) is 25.4 Å². The van der Waals surface area contributed by atoms with Crippen LogP contribution in [0.25, 0.3) is 11.3 Å². The number of nitrogens with one attached hydrogen (secondary N) is 2. The first kappa shape index (κ1) is 25.5. The molecule has 1 fully saturated rings. The number of pyridine rings is 1. The van der Waals surface area contributed by atoms with Crippen molar-refractivity contribution in [3.63, 3.8) is 0 Å². The summed E-state index contributed by atoms with van der Waals surface area (Å²) >= 11 is 0. The molecule has 1 aliphatic rings. The molecule has 0 radical (unpaired) electrons. The highest BCUT2D eigenvalue weighted by Gasteiger charge is 2.32. The number of rotatable bonds is 6. The lowest BCUT2D eigenvalue weighted by molar-refractivity contribution is -0.137. The third kappa shape index (κ3) is 6.14. The fourth-order valence-electron chi connectivity index (χ4n) is 4.22. The van der Waals surface area contributed by atoms with Gasteiger partial charge in [-0.05, 0) is 57.2 Å². The summed E-state index contributed by atoms with van der Waals surface area (Å²) in [6, 6.07) is 9.74. The van der Waals surface area contributed by atoms with Crippen LogP contribution in [0, 0.1) is 0 Å². The highest BCUT2D eigenvalue weighted by atomic mass is 19.4. The molecule has 0 spiro atoms. The van der Waals surface area contributed by atoms with Gasteiger partial charge in [0.25, 0.3) is 0 Å². The van der Waals surface area contributed by atoms with Crippen LogP contribution in [0.15, 0.2) is 48.8 Å². The molecule has 1 saturated heterocycles. The summed E-state index contributed by atoms with van der Waals surface area (Å²) in [5, 5.41) is 10.0. The van der Waals surface area contributed by atoms with Gasteiger partial charge in [-0.15, -0.1) is 0 Å². The second kappa shape index (κ2) is 10.6. The number of anilines is 1. The lowest BCUT2D eigenvalue weighted by atomic mass is 10.1. The number of alkyl halides is 3. The number of nitrogens with zero attached hydrogens (tertiary/aromatic N) is 4. The number of halogens is 3. The van der Waals surface area contributed by atoms with Crippen molar-refractivity contribution in [3.05, 3.63) is 59.9 Å². The van der Waals surface area contributed by atoms with Gasteiger partial charge in [-0.25, -0.2) is 9.78 Å². The van der Waals surface area contributed by atoms with Crippen molar-refractivity contribution in [2.24, 2.45) is 0 Å². The largest absolute Gasteiger partial charge is 0.417 e. The van der Waals surface area contributed by atoms with E-state index < -0.39 is 17.8 Å². The minimum absolute atomic E-state index is 0.0147. The molecular weight excluding hydrogens is 473 g/mol. The van der Waals surface area contributed by atoms with E-state index in [0.29, 0.717) is 24.7 Å². The Bertz CT molecular complexity index is 1160. The molecule has 1 aliphatic heterocycles. The molecule has 11 heteroatoms. The van der Waals surface area contributed by atoms with Crippen LogP contribution in [-0.4, -0.2) is 57.9 Å². The summed E-state index contributed by atoms with van der Waals surface area (Å²) in [7, 11) is 0. The van der Waals surface area contributed by atoms with Crippen molar-refractivity contribution in [3.8, 4) is 17.0 Å². The second-order valence-corrected chi connectivity index (χ2v) is 9.15. The fourth-order valence-corrected chi connectivity index (χ4v) is 4.22. The minimum atomic E-state index is -4.39. The molecule has 1 atom stereocenters. The van der Waals surface area contributed by atoms with Gasteiger partial charge >= 0.3 is 12.3 Å². The Kier molecular flexibility index (Phi) is 7.48. The Hall–Kier alpha value is -3.60. The van der Waals surface area contributed by atoms with E-state index in [4.69, 9.17) is 4.74 Å². The SMILES string of the molecule is CC(C)NC(=O)Oc1ccc(-c2n[nH]cc2CN2CCN(c3ccc(C(F)(F)F)cn3)C(C)C2)cc1. The van der Waals surface area contributed by atoms with Gasteiger partial charge in [0.1, 0.15) is 11.6 Å². The molecule has 1 unspecified atom stereocenters. The number of aromatic amines is 1. The van der Waals surface area contributed by atoms with Crippen molar-refractivity contribution < 1.29 is 22.7 Å². The van der Waals surface area contributed by atoms with E-state index in [0.717, 1.165) is 42.2 Å². The number of benzene rings is 1. The summed E-state index contributed by atoms with van der Waals surface area (Å²) < 4.78 is 43.8. The van der Waals surface area contributed by atoms with Crippen molar-refractivity contribution in [2.45, 2.75) is 45.6 Å². The molecule has 4 rings (SSSR count). The van der Waals surface area contributed by atoms with E-state index in [-0.39, 0.29) is 12.1 Å². The summed E-state index contributed by atoms with van der Waals surface area (Å²) in [5.74, 6) is 0.986. The van der Waals surface area contributed by atoms with Gasteiger partial charge < -0.3 is 15.0 Å². The first-order valence-corrected chi connectivity index (χ1v) is 11.7. The maximum absolute atomic E-state index is 12.8. The van der Waals surface area contributed by atoms with Crippen LogP contribution in [0.1, 0.15) is 31.9 Å². The summed E-state index contributed by atoms with van der Waals surface area (Å²) in [6.07, 6.45) is -2.14. The highest BCUT2D eigenvalue weighted by Crippen LogP contribution is 2.30. The number of amides is 1. The minimum Gasteiger partial charge on any atom is -0.410 e. The van der Waals surface area contributed by atoms with E-state index >= 15 is 0 Å². The fraction of sp³-hybridized carbons (Fsp3) is 0.400. The van der Waals surface area contributed by atoms with E-state index in [1.54, 1.807) is 12.1 Å². The average Bonchev–Trinajstić information content (AvgIpc) is 3.27. The van der Waals surface area contributed by atoms with E-state index in [1.807, 2.05) is 44.0 Å². The Morgan fingerprint density at radius 2 is 1.94 bits per heavy atom. The lowest BCUT2D eigenvalue weighted by Gasteiger charge is -2.40. The standard InChI is InChI=1S/C25H29F3N6O2/c1-16(2)31-24(35)36-21-7-4-18(5-8-21)23-19(12-30-32-23)15-33-10-11-34(17(3)14-33)22-9-6-20(13-29-22)25(26,27)28/h4-9,12-13,16-17H,10-11,14-15H2,1-3H3,(H,30,32)(H,31,35). The molecule has 3 aromatic rings. The maximum atomic E-state index is 12.8. The van der Waals surface area contributed by atoms with Crippen LogP contribution in [0.4, 0.5) is 23.8 Å². The molecule has 3 heterocycles. The number of hydrogen-bond acceptors (Lipinski definition) is 6. The summed E-state index contributed by atoms with van der Waals surface area (Å²) in [5.41, 5.74) is 1.98. The molecular formula is C25H29F3N6O2. The molecule has 0 saturated carbocycles. The first-order chi connectivity index (χ1) is 17.1. The van der Waals surface area contributed by atoms with Gasteiger partial charge in [0, 0.05) is 61.8 Å². The highest BCUT2D eigenvalue weighted by molar-refractivity contribution is 5.71. The molecule has 8 nitrogen and oxygen atoms in total. The van der Waals surface area contributed by atoms with Crippen LogP contribution in [0.2, 0.25) is 0 Å². The predicted octanol–water partition coefficient (Wildman–Crippen LogP) is 4.70. The van der Waals surface area contributed by atoms with Gasteiger partial charge in [0.15, 0.2) is 0 Å². The van der Waals surface area contributed by atoms with E-state index in [1.165, 1.54) is 6.07 Å². The van der Waals surface area contributed by atoms with Crippen molar-refractivity contribution in [1.29, 1.82) is 0 Å². The Morgan fingerprint density at radius 1 is 1.19 bits per heavy atom. The van der Waals surface area contributed by atoms with Crippen LogP contribution in [0.5, 0.6) is 5.75 Å². The smallest absolute Gasteiger partial charge is 0.410 e. The number of carbonyl (C=O) groups is 1. The van der Waals surface area contributed by atoms with Gasteiger partial charge in [-0.3, -0.25) is 10.00 Å². The predicted molar refractivity (Wildman–Crippen MR) is 130 cm³/mol.